The molecule has 1 amide bonds. The van der Waals surface area contributed by atoms with E-state index >= 15 is 4.39 Å². The van der Waals surface area contributed by atoms with Gasteiger partial charge in [0.15, 0.2) is 0 Å². The molecule has 1 N–H and O–H groups in total. The van der Waals surface area contributed by atoms with Gasteiger partial charge in [0.1, 0.15) is 0 Å². The molecule has 2 aromatic rings. The first-order valence-electron chi connectivity index (χ1n) is 15.7. The molecule has 0 aliphatic carbocycles. The van der Waals surface area contributed by atoms with Crippen LogP contribution in [-0.2, 0) is 0 Å². The summed E-state index contributed by atoms with van der Waals surface area (Å²) in [6, 6.07) is 5.69. The molecule has 1 unspecified atom stereocenters. The Bertz CT molecular complexity index is 987. The van der Waals surface area contributed by atoms with E-state index in [2.05, 4.69) is 80.7 Å². The van der Waals surface area contributed by atoms with Crippen LogP contribution in [0.25, 0.3) is 10.9 Å². The molecule has 0 aliphatic rings. The van der Waals surface area contributed by atoms with Gasteiger partial charge < -0.3 is 0 Å². The maximum atomic E-state index is 15.4. The van der Waals surface area contributed by atoms with Crippen LogP contribution in [0.1, 0.15) is 97.3 Å². The van der Waals surface area contributed by atoms with Crippen molar-refractivity contribution in [2.24, 2.45) is 0 Å². The third-order valence-electron chi connectivity index (χ3n) is 8.55. The fraction of sp³-hybridized carbons (Fsp3) is 0.688. The van der Waals surface area contributed by atoms with E-state index in [1.54, 1.807) is 0 Å². The Hall–Kier alpha value is -1.25. The van der Waals surface area contributed by atoms with Crippen LogP contribution in [0.5, 0.6) is 0 Å². The van der Waals surface area contributed by atoms with Gasteiger partial charge in [-0.3, -0.25) is 0 Å². The number of unbranched alkanes of at least 4 members (excludes halogenated alkanes) is 3. The van der Waals surface area contributed by atoms with E-state index in [4.69, 9.17) is 0 Å². The topological polar surface area (TPSA) is 48.5 Å². The Labute approximate surface area is 242 Å². The molecule has 0 saturated carbocycles. The number of nitrogens with one attached hydrogen (secondary N) is 1. The molecule has 7 heteroatoms. The van der Waals surface area contributed by atoms with Crippen LogP contribution < -0.4 is 8.90 Å². The average Bonchev–Trinajstić information content (AvgIpc) is 2.95. The number of likely N-dealkylation sites (N-methyl/N-ethyl adjacent to an activating group) is 2. The van der Waals surface area contributed by atoms with E-state index < -0.39 is 18.4 Å². The van der Waals surface area contributed by atoms with Crippen LogP contribution in [-0.4, -0.2) is 78.0 Å². The Morgan fingerprint density at radius 3 is 1.95 bits per heavy atom. The Kier molecular flexibility index (Phi) is 15.3. The van der Waals surface area contributed by atoms with Crippen molar-refractivity contribution >= 4 is 38.8 Å². The second-order valence-electron chi connectivity index (χ2n) is 11.0. The van der Waals surface area contributed by atoms with Gasteiger partial charge in [0.25, 0.3) is 0 Å². The fourth-order valence-electron chi connectivity index (χ4n) is 5.93. The summed E-state index contributed by atoms with van der Waals surface area (Å²) < 4.78 is 20.5. The first kappa shape index (κ1) is 34.0. The summed E-state index contributed by atoms with van der Waals surface area (Å²) >= 11 is -2.93. The first-order valence-corrected chi connectivity index (χ1v) is 23.2. The van der Waals surface area contributed by atoms with Crippen molar-refractivity contribution in [2.75, 3.05) is 32.7 Å². The van der Waals surface area contributed by atoms with Gasteiger partial charge in [-0.05, 0) is 0 Å². The number of carbonyl (C=O) groups excluding carboxylic acids is 1. The molecule has 1 atom stereocenters. The van der Waals surface area contributed by atoms with Gasteiger partial charge in [0, 0.05) is 0 Å². The molecule has 1 aromatic carbocycles. The predicted octanol–water partition coefficient (Wildman–Crippen LogP) is 7.17. The summed E-state index contributed by atoms with van der Waals surface area (Å²) in [7, 11) is 0. The second-order valence-corrected chi connectivity index (χ2v) is 24.2. The SMILES string of the molecule is CCC[CH2][Sn]([CH2]CCC)([CH2]CCC)[c]1cc(C(=O)NC(CN(CC)CC)N(CC)CC)c2nccc(F)c2c1. The number of hydrogen-bond acceptors (Lipinski definition) is 4. The van der Waals surface area contributed by atoms with E-state index in [-0.39, 0.29) is 17.9 Å². The summed E-state index contributed by atoms with van der Waals surface area (Å²) in [4.78, 5) is 23.3. The molecule has 220 valence electrons. The maximum absolute atomic E-state index is 15.4. The number of pyridine rings is 1. The minimum atomic E-state index is -2.93. The van der Waals surface area contributed by atoms with E-state index in [1.807, 2.05) is 0 Å². The van der Waals surface area contributed by atoms with Crippen molar-refractivity contribution in [1.29, 1.82) is 0 Å². The van der Waals surface area contributed by atoms with E-state index in [0.717, 1.165) is 32.7 Å². The number of amides is 1. The Morgan fingerprint density at radius 2 is 1.46 bits per heavy atom. The summed E-state index contributed by atoms with van der Waals surface area (Å²) in [5.74, 6) is -0.410. The predicted molar refractivity (Wildman–Crippen MR) is 168 cm³/mol. The number of fused-ring (bicyclic) bond motifs is 1. The Morgan fingerprint density at radius 1 is 0.897 bits per heavy atom. The third-order valence-corrected chi connectivity index (χ3v) is 24.1. The number of halogens is 1. The van der Waals surface area contributed by atoms with Gasteiger partial charge in [-0.15, -0.1) is 0 Å². The number of benzene rings is 1. The molecule has 0 fully saturated rings. The number of hydrogen-bond donors (Lipinski definition) is 1. The van der Waals surface area contributed by atoms with Gasteiger partial charge in [0.2, 0.25) is 0 Å². The minimum absolute atomic E-state index is 0.117. The van der Waals surface area contributed by atoms with Crippen LogP contribution in [0, 0.1) is 5.82 Å². The van der Waals surface area contributed by atoms with Gasteiger partial charge >= 0.3 is 243 Å². The zero-order chi connectivity index (χ0) is 28.8. The van der Waals surface area contributed by atoms with Crippen LogP contribution in [0.3, 0.4) is 0 Å². The molecular formula is C32H55FN4OSn. The van der Waals surface area contributed by atoms with E-state index in [1.165, 1.54) is 67.7 Å². The van der Waals surface area contributed by atoms with Gasteiger partial charge in [-0.25, -0.2) is 0 Å². The zero-order valence-corrected chi connectivity index (χ0v) is 28.8. The van der Waals surface area contributed by atoms with Crippen LogP contribution in [0.15, 0.2) is 24.4 Å². The van der Waals surface area contributed by atoms with E-state index in [9.17, 15) is 4.79 Å². The number of nitrogens with zero attached hydrogens (tertiary/aromatic N) is 3. The molecule has 0 spiro atoms. The van der Waals surface area contributed by atoms with Crippen LogP contribution >= 0.6 is 0 Å². The zero-order valence-electron chi connectivity index (χ0n) is 25.9. The molecule has 0 bridgehead atoms. The number of carbonyl (C=O) groups is 1. The van der Waals surface area contributed by atoms with Crippen molar-refractivity contribution in [3.63, 3.8) is 0 Å². The molecule has 1 heterocycles. The summed E-state index contributed by atoms with van der Waals surface area (Å²) in [6.07, 6.45) is 8.53. The van der Waals surface area contributed by atoms with Gasteiger partial charge in [-0.1, -0.05) is 0 Å². The van der Waals surface area contributed by atoms with Crippen molar-refractivity contribution in [2.45, 2.75) is 106 Å². The average molecular weight is 650 g/mol. The molecule has 5 nitrogen and oxygen atoms in total. The number of aromatic nitrogens is 1. The quantitative estimate of drug-likeness (QED) is 0.130. The number of rotatable bonds is 19. The standard InChI is InChI=1S/C20H28FN4O.3C4H9.Sn/c1-5-24(6-2)14-18(25(7-3)8-4)23-20(26)16-11-9-10-15-17(21)12-13-22-19(15)16;3*1-3-4-2;/h10-13,18H,5-8,14H2,1-4H3,(H,23,26);3*1,3-4H2,2H3;. The molecule has 1 aromatic heterocycles. The van der Waals surface area contributed by atoms with Gasteiger partial charge in [-0.2, -0.15) is 0 Å². The van der Waals surface area contributed by atoms with Crippen LogP contribution in [0.2, 0.25) is 13.3 Å². The van der Waals surface area contributed by atoms with E-state index in [0.29, 0.717) is 16.5 Å². The van der Waals surface area contributed by atoms with Crippen molar-refractivity contribution < 1.29 is 9.18 Å². The third kappa shape index (κ3) is 9.12. The molecule has 0 radical (unpaired) electrons. The fourth-order valence-corrected chi connectivity index (χ4v) is 21.9. The van der Waals surface area contributed by atoms with Gasteiger partial charge in [0.05, 0.1) is 0 Å². The summed E-state index contributed by atoms with van der Waals surface area (Å²) in [5.41, 5.74) is 1.03. The molecule has 0 saturated heterocycles. The molecular weight excluding hydrogens is 594 g/mol. The monoisotopic (exact) mass is 650 g/mol. The Balaban J connectivity index is 2.68. The first-order chi connectivity index (χ1) is 18.8. The molecule has 39 heavy (non-hydrogen) atoms. The molecule has 2 rings (SSSR count). The summed E-state index contributed by atoms with van der Waals surface area (Å²) in [6.45, 7) is 19.7. The van der Waals surface area contributed by atoms with Crippen LogP contribution in [0.4, 0.5) is 4.39 Å². The van der Waals surface area contributed by atoms with Crippen molar-refractivity contribution in [3.8, 4) is 0 Å². The van der Waals surface area contributed by atoms with Crippen molar-refractivity contribution in [3.05, 3.63) is 35.8 Å². The summed E-state index contributed by atoms with van der Waals surface area (Å²) in [5, 5.41) is 3.87. The second kappa shape index (κ2) is 17.5. The normalized spacial score (nSPS) is 13.0. The van der Waals surface area contributed by atoms with Crippen molar-refractivity contribution in [1.82, 2.24) is 20.1 Å². The molecule has 0 aliphatic heterocycles.